The van der Waals surface area contributed by atoms with E-state index in [9.17, 15) is 14.7 Å². The molecule has 0 atom stereocenters. The van der Waals surface area contributed by atoms with Gasteiger partial charge in [-0.25, -0.2) is 4.79 Å². The first-order chi connectivity index (χ1) is 12.6. The summed E-state index contributed by atoms with van der Waals surface area (Å²) in [6, 6.07) is 14.3. The quantitative estimate of drug-likeness (QED) is 0.798. The Morgan fingerprint density at radius 2 is 1.65 bits per heavy atom. The first kappa shape index (κ1) is 18.0. The molecule has 0 heterocycles. The number of nitrogens with one attached hydrogen (secondary N) is 1. The molecule has 1 fully saturated rings. The number of benzene rings is 2. The molecule has 0 aromatic heterocycles. The Morgan fingerprint density at radius 1 is 1.00 bits per heavy atom. The molecule has 2 aromatic carbocycles. The summed E-state index contributed by atoms with van der Waals surface area (Å²) in [5.74, 6) is -0.427. The molecule has 1 amide bonds. The molecular weight excluding hydrogens is 330 g/mol. The highest BCUT2D eigenvalue weighted by molar-refractivity contribution is 5.91. The fourth-order valence-electron chi connectivity index (χ4n) is 3.26. The third-order valence-electron chi connectivity index (χ3n) is 4.64. The van der Waals surface area contributed by atoms with E-state index in [4.69, 9.17) is 4.74 Å². The molecular formula is C21H23NO4. The summed E-state index contributed by atoms with van der Waals surface area (Å²) in [5.41, 5.74) is 1.60. The van der Waals surface area contributed by atoms with Gasteiger partial charge in [-0.05, 0) is 43.4 Å². The summed E-state index contributed by atoms with van der Waals surface area (Å²) in [6.07, 6.45) is 4.85. The standard InChI is InChI=1S/C21H23NO4/c23-20(13-15-7-1-5-11-18(15)21(24)25)22-14-16-8-2-6-12-19(16)26-17-9-3-4-10-17/h1-2,5-8,11-12,17H,3-4,9-10,13-14H2,(H,22,23)(H,24,25). The molecule has 0 spiro atoms. The Morgan fingerprint density at radius 3 is 2.38 bits per heavy atom. The third-order valence-corrected chi connectivity index (χ3v) is 4.64. The van der Waals surface area contributed by atoms with Crippen molar-refractivity contribution in [2.45, 2.75) is 44.8 Å². The number of carboxylic acids is 1. The Balaban J connectivity index is 1.60. The van der Waals surface area contributed by atoms with Crippen LogP contribution in [0.1, 0.15) is 47.2 Å². The van der Waals surface area contributed by atoms with Gasteiger partial charge in [0.05, 0.1) is 18.1 Å². The molecule has 0 aliphatic heterocycles. The molecule has 1 aliphatic rings. The van der Waals surface area contributed by atoms with Crippen LogP contribution in [0.25, 0.3) is 0 Å². The Labute approximate surface area is 153 Å². The van der Waals surface area contributed by atoms with Gasteiger partial charge in [0.25, 0.3) is 0 Å². The van der Waals surface area contributed by atoms with Gasteiger partial charge in [0.1, 0.15) is 5.75 Å². The monoisotopic (exact) mass is 353 g/mol. The van der Waals surface area contributed by atoms with Gasteiger partial charge in [-0.3, -0.25) is 4.79 Å². The van der Waals surface area contributed by atoms with Gasteiger partial charge in [0.15, 0.2) is 0 Å². The lowest BCUT2D eigenvalue weighted by Gasteiger charge is -2.17. The molecule has 2 aromatic rings. The molecule has 0 bridgehead atoms. The predicted molar refractivity (Wildman–Crippen MR) is 98.3 cm³/mol. The van der Waals surface area contributed by atoms with Gasteiger partial charge >= 0.3 is 5.97 Å². The van der Waals surface area contributed by atoms with Crippen LogP contribution in [0.3, 0.4) is 0 Å². The van der Waals surface area contributed by atoms with Crippen LogP contribution >= 0.6 is 0 Å². The van der Waals surface area contributed by atoms with Crippen LogP contribution in [0.4, 0.5) is 0 Å². The number of carbonyl (C=O) groups excluding carboxylic acids is 1. The van der Waals surface area contributed by atoms with Crippen LogP contribution in [0.2, 0.25) is 0 Å². The summed E-state index contributed by atoms with van der Waals surface area (Å²) in [4.78, 5) is 23.5. The summed E-state index contributed by atoms with van der Waals surface area (Å²) in [5, 5.41) is 12.1. The average Bonchev–Trinajstić information content (AvgIpc) is 3.14. The van der Waals surface area contributed by atoms with Crippen molar-refractivity contribution in [3.05, 3.63) is 65.2 Å². The van der Waals surface area contributed by atoms with Gasteiger partial charge < -0.3 is 15.2 Å². The molecule has 0 unspecified atom stereocenters. The number of aromatic carboxylic acids is 1. The second kappa shape index (κ2) is 8.52. The lowest BCUT2D eigenvalue weighted by atomic mass is 10.0. The first-order valence-corrected chi connectivity index (χ1v) is 8.96. The molecule has 5 nitrogen and oxygen atoms in total. The smallest absolute Gasteiger partial charge is 0.335 e. The fourth-order valence-corrected chi connectivity index (χ4v) is 3.26. The van der Waals surface area contributed by atoms with E-state index >= 15 is 0 Å². The molecule has 5 heteroatoms. The van der Waals surface area contributed by atoms with E-state index in [-0.39, 0.29) is 24.0 Å². The summed E-state index contributed by atoms with van der Waals surface area (Å²) in [7, 11) is 0. The summed E-state index contributed by atoms with van der Waals surface area (Å²) >= 11 is 0. The normalized spacial score (nSPS) is 14.2. The van der Waals surface area contributed by atoms with E-state index in [0.29, 0.717) is 12.1 Å². The summed E-state index contributed by atoms with van der Waals surface area (Å²) < 4.78 is 6.08. The van der Waals surface area contributed by atoms with E-state index in [0.717, 1.165) is 24.2 Å². The minimum Gasteiger partial charge on any atom is -0.490 e. The SMILES string of the molecule is O=C(Cc1ccccc1C(=O)O)NCc1ccccc1OC1CCCC1. The molecule has 3 rings (SSSR count). The predicted octanol–water partition coefficient (Wildman–Crippen LogP) is 3.57. The van der Waals surface area contributed by atoms with E-state index < -0.39 is 5.97 Å². The minimum atomic E-state index is -1.02. The highest BCUT2D eigenvalue weighted by atomic mass is 16.5. The van der Waals surface area contributed by atoms with Crippen LogP contribution in [-0.4, -0.2) is 23.1 Å². The van der Waals surface area contributed by atoms with Gasteiger partial charge in [-0.15, -0.1) is 0 Å². The van der Waals surface area contributed by atoms with E-state index in [1.807, 2.05) is 24.3 Å². The van der Waals surface area contributed by atoms with Crippen molar-refractivity contribution in [2.24, 2.45) is 0 Å². The van der Waals surface area contributed by atoms with Crippen LogP contribution in [0, 0.1) is 0 Å². The molecule has 1 saturated carbocycles. The average molecular weight is 353 g/mol. The van der Waals surface area contributed by atoms with Crippen molar-refractivity contribution >= 4 is 11.9 Å². The third kappa shape index (κ3) is 4.63. The number of hydrogen-bond acceptors (Lipinski definition) is 3. The van der Waals surface area contributed by atoms with Gasteiger partial charge in [0, 0.05) is 12.1 Å². The van der Waals surface area contributed by atoms with Gasteiger partial charge in [-0.2, -0.15) is 0 Å². The second-order valence-corrected chi connectivity index (χ2v) is 6.55. The minimum absolute atomic E-state index is 0.0358. The van der Waals surface area contributed by atoms with E-state index in [2.05, 4.69) is 5.32 Å². The van der Waals surface area contributed by atoms with Gasteiger partial charge in [0.2, 0.25) is 5.91 Å². The molecule has 26 heavy (non-hydrogen) atoms. The van der Waals surface area contributed by atoms with Crippen molar-refractivity contribution < 1.29 is 19.4 Å². The second-order valence-electron chi connectivity index (χ2n) is 6.55. The van der Waals surface area contributed by atoms with Crippen LogP contribution < -0.4 is 10.1 Å². The molecule has 0 saturated heterocycles. The maximum absolute atomic E-state index is 12.3. The number of ether oxygens (including phenoxy) is 1. The van der Waals surface area contributed by atoms with Crippen molar-refractivity contribution in [2.75, 3.05) is 0 Å². The first-order valence-electron chi connectivity index (χ1n) is 8.96. The topological polar surface area (TPSA) is 75.6 Å². The van der Waals surface area contributed by atoms with Crippen molar-refractivity contribution in [3.8, 4) is 5.75 Å². The maximum atomic E-state index is 12.3. The molecule has 1 aliphatic carbocycles. The zero-order valence-corrected chi connectivity index (χ0v) is 14.6. The highest BCUT2D eigenvalue weighted by Crippen LogP contribution is 2.26. The van der Waals surface area contributed by atoms with Crippen molar-refractivity contribution in [1.29, 1.82) is 0 Å². The fraction of sp³-hybridized carbons (Fsp3) is 0.333. The lowest BCUT2D eigenvalue weighted by molar-refractivity contribution is -0.120. The van der Waals surface area contributed by atoms with Crippen molar-refractivity contribution in [1.82, 2.24) is 5.32 Å². The molecule has 2 N–H and O–H groups in total. The molecule has 0 radical (unpaired) electrons. The Bertz CT molecular complexity index is 781. The maximum Gasteiger partial charge on any atom is 0.335 e. The number of para-hydroxylation sites is 1. The number of amides is 1. The highest BCUT2D eigenvalue weighted by Gasteiger charge is 2.18. The van der Waals surface area contributed by atoms with Crippen LogP contribution in [0.15, 0.2) is 48.5 Å². The zero-order valence-electron chi connectivity index (χ0n) is 14.6. The largest absolute Gasteiger partial charge is 0.490 e. The lowest BCUT2D eigenvalue weighted by Crippen LogP contribution is -2.26. The van der Waals surface area contributed by atoms with Crippen molar-refractivity contribution in [3.63, 3.8) is 0 Å². The Kier molecular flexibility index (Phi) is 5.89. The van der Waals surface area contributed by atoms with Crippen LogP contribution in [-0.2, 0) is 17.8 Å². The number of carboxylic acid groups (broad SMARTS) is 1. The van der Waals surface area contributed by atoms with E-state index in [1.165, 1.54) is 18.9 Å². The Hall–Kier alpha value is -2.82. The van der Waals surface area contributed by atoms with E-state index in [1.54, 1.807) is 18.2 Å². The number of carbonyl (C=O) groups is 2. The number of hydrogen-bond donors (Lipinski definition) is 2. The van der Waals surface area contributed by atoms with Gasteiger partial charge in [-0.1, -0.05) is 36.4 Å². The molecule has 136 valence electrons. The zero-order chi connectivity index (χ0) is 18.4. The van der Waals surface area contributed by atoms with Crippen LogP contribution in [0.5, 0.6) is 5.75 Å². The summed E-state index contributed by atoms with van der Waals surface area (Å²) in [6.45, 7) is 0.358. The number of rotatable bonds is 7.